The number of nitro groups is 1. The van der Waals surface area contributed by atoms with Crippen LogP contribution in [0.3, 0.4) is 0 Å². The van der Waals surface area contributed by atoms with Gasteiger partial charge in [0.05, 0.1) is 17.2 Å². The Kier molecular flexibility index (Phi) is 3.97. The van der Waals surface area contributed by atoms with Crippen molar-refractivity contribution in [2.45, 2.75) is 26.4 Å². The Morgan fingerprint density at radius 1 is 1.60 bits per heavy atom. The first-order valence-corrected chi connectivity index (χ1v) is 6.20. The number of nitrogens with zero attached hydrogens (tertiary/aromatic N) is 2. The van der Waals surface area contributed by atoms with Crippen LogP contribution in [0.1, 0.15) is 30.6 Å². The number of carbonyl (C=O) groups is 1. The number of oxime groups is 1. The monoisotopic (exact) mass is 277 g/mol. The van der Waals surface area contributed by atoms with Crippen LogP contribution in [0, 0.1) is 10.1 Å². The number of hydrogen-bond acceptors (Lipinski definition) is 6. The number of carbonyl (C=O) groups excluding carboxylic acids is 1. The molecule has 1 aromatic carbocycles. The molecule has 0 spiro atoms. The van der Waals surface area contributed by atoms with Crippen LogP contribution >= 0.6 is 0 Å². The predicted octanol–water partition coefficient (Wildman–Crippen LogP) is 2.37. The largest absolute Gasteiger partial charge is 0.390 e. The number of ketones is 1. The van der Waals surface area contributed by atoms with Crippen molar-refractivity contribution in [1.82, 2.24) is 0 Å². The summed E-state index contributed by atoms with van der Waals surface area (Å²) < 4.78 is 0. The number of Topliss-reactive ketones (excluding diaryl/α,β-unsaturated/α-hetero) is 1. The zero-order chi connectivity index (χ0) is 14.7. The second-order valence-electron chi connectivity index (χ2n) is 4.68. The van der Waals surface area contributed by atoms with E-state index in [2.05, 4.69) is 10.5 Å². The molecule has 0 unspecified atom stereocenters. The third-order valence-electron chi connectivity index (χ3n) is 3.00. The standard InChI is InChI=1S/C13H15N3O4/c1-8-5-11(20-15-8)7-14-12-4-3-10(9(2)17)6-13(12)16(18)19/h3-4,6,11,14H,5,7H2,1-2H3/t11-/m1/s1. The van der Waals surface area contributed by atoms with Crippen LogP contribution < -0.4 is 5.32 Å². The molecule has 1 heterocycles. The van der Waals surface area contributed by atoms with Gasteiger partial charge < -0.3 is 10.2 Å². The molecule has 1 aliphatic heterocycles. The Morgan fingerprint density at radius 3 is 2.90 bits per heavy atom. The van der Waals surface area contributed by atoms with Gasteiger partial charge in [-0.1, -0.05) is 5.16 Å². The lowest BCUT2D eigenvalue weighted by atomic mass is 10.1. The Hall–Kier alpha value is -2.44. The fraction of sp³-hybridized carbons (Fsp3) is 0.385. The van der Waals surface area contributed by atoms with Gasteiger partial charge in [0, 0.05) is 18.1 Å². The van der Waals surface area contributed by atoms with E-state index in [4.69, 9.17) is 4.84 Å². The summed E-state index contributed by atoms with van der Waals surface area (Å²) in [5, 5.41) is 17.8. The average Bonchev–Trinajstić information content (AvgIpc) is 2.81. The molecule has 0 saturated heterocycles. The first kappa shape index (κ1) is 14.0. The molecule has 1 aliphatic rings. The van der Waals surface area contributed by atoms with E-state index in [1.807, 2.05) is 6.92 Å². The summed E-state index contributed by atoms with van der Waals surface area (Å²) >= 11 is 0. The van der Waals surface area contributed by atoms with Gasteiger partial charge in [-0.15, -0.1) is 0 Å². The summed E-state index contributed by atoms with van der Waals surface area (Å²) in [6, 6.07) is 4.38. The molecule has 20 heavy (non-hydrogen) atoms. The van der Waals surface area contributed by atoms with Crippen LogP contribution in [0.4, 0.5) is 11.4 Å². The van der Waals surface area contributed by atoms with Crippen molar-refractivity contribution in [3.05, 3.63) is 33.9 Å². The Labute approximate surface area is 115 Å². The van der Waals surface area contributed by atoms with E-state index in [1.54, 1.807) is 6.07 Å². The average molecular weight is 277 g/mol. The van der Waals surface area contributed by atoms with E-state index in [9.17, 15) is 14.9 Å². The molecule has 0 fully saturated rings. The van der Waals surface area contributed by atoms with Gasteiger partial charge in [0.25, 0.3) is 5.69 Å². The number of rotatable bonds is 5. The highest BCUT2D eigenvalue weighted by Gasteiger charge is 2.21. The molecule has 106 valence electrons. The summed E-state index contributed by atoms with van der Waals surface area (Å²) in [5.74, 6) is -0.206. The predicted molar refractivity (Wildman–Crippen MR) is 74.2 cm³/mol. The second-order valence-corrected chi connectivity index (χ2v) is 4.68. The summed E-state index contributed by atoms with van der Waals surface area (Å²) in [6.07, 6.45) is 0.578. The Bertz CT molecular complexity index is 583. The summed E-state index contributed by atoms with van der Waals surface area (Å²) in [7, 11) is 0. The highest BCUT2D eigenvalue weighted by molar-refractivity contribution is 5.95. The van der Waals surface area contributed by atoms with E-state index < -0.39 is 4.92 Å². The van der Waals surface area contributed by atoms with Crippen LogP contribution in [0.25, 0.3) is 0 Å². The molecule has 0 bridgehead atoms. The minimum absolute atomic E-state index is 0.117. The van der Waals surface area contributed by atoms with Crippen LogP contribution in [0.15, 0.2) is 23.4 Å². The van der Waals surface area contributed by atoms with Crippen LogP contribution in [0.2, 0.25) is 0 Å². The zero-order valence-corrected chi connectivity index (χ0v) is 11.3. The molecule has 2 rings (SSSR count). The van der Waals surface area contributed by atoms with Gasteiger partial charge in [0.15, 0.2) is 5.78 Å². The maximum absolute atomic E-state index is 11.3. The maximum Gasteiger partial charge on any atom is 0.293 e. The van der Waals surface area contributed by atoms with Crippen molar-refractivity contribution >= 4 is 22.9 Å². The molecule has 7 heteroatoms. The van der Waals surface area contributed by atoms with Gasteiger partial charge >= 0.3 is 0 Å². The number of anilines is 1. The quantitative estimate of drug-likeness (QED) is 0.506. The number of benzene rings is 1. The van der Waals surface area contributed by atoms with Gasteiger partial charge in [0.1, 0.15) is 11.8 Å². The van der Waals surface area contributed by atoms with E-state index in [0.29, 0.717) is 24.2 Å². The molecule has 1 aromatic rings. The first-order valence-electron chi connectivity index (χ1n) is 6.20. The van der Waals surface area contributed by atoms with Crippen molar-refractivity contribution in [2.24, 2.45) is 5.16 Å². The van der Waals surface area contributed by atoms with Crippen molar-refractivity contribution in [1.29, 1.82) is 0 Å². The van der Waals surface area contributed by atoms with Crippen molar-refractivity contribution in [2.75, 3.05) is 11.9 Å². The molecule has 0 amide bonds. The van der Waals surface area contributed by atoms with Crippen LogP contribution in [-0.2, 0) is 4.84 Å². The summed E-state index contributed by atoms with van der Waals surface area (Å²) in [6.45, 7) is 3.66. The molecule has 1 N–H and O–H groups in total. The van der Waals surface area contributed by atoms with Gasteiger partial charge in [-0.05, 0) is 26.0 Å². The first-order chi connectivity index (χ1) is 9.47. The Balaban J connectivity index is 2.11. The molecular weight excluding hydrogens is 262 g/mol. The van der Waals surface area contributed by atoms with Crippen molar-refractivity contribution < 1.29 is 14.6 Å². The molecule has 0 radical (unpaired) electrons. The highest BCUT2D eigenvalue weighted by atomic mass is 16.6. The maximum atomic E-state index is 11.3. The van der Waals surface area contributed by atoms with Crippen LogP contribution in [-0.4, -0.2) is 29.1 Å². The second kappa shape index (κ2) is 5.68. The summed E-state index contributed by atoms with van der Waals surface area (Å²) in [5.41, 5.74) is 1.47. The normalized spacial score (nSPS) is 17.3. The van der Waals surface area contributed by atoms with Gasteiger partial charge in [-0.3, -0.25) is 14.9 Å². The lowest BCUT2D eigenvalue weighted by Crippen LogP contribution is -2.20. The lowest BCUT2D eigenvalue weighted by molar-refractivity contribution is -0.384. The van der Waals surface area contributed by atoms with Crippen molar-refractivity contribution in [3.8, 4) is 0 Å². The molecule has 0 aliphatic carbocycles. The van der Waals surface area contributed by atoms with E-state index >= 15 is 0 Å². The molecule has 1 atom stereocenters. The van der Waals surface area contributed by atoms with E-state index in [0.717, 1.165) is 5.71 Å². The number of nitrogens with one attached hydrogen (secondary N) is 1. The SMILES string of the molecule is CC(=O)c1ccc(NC[C@H]2CC(C)=NO2)c([N+](=O)[O-])c1. The lowest BCUT2D eigenvalue weighted by Gasteiger charge is -2.11. The van der Waals surface area contributed by atoms with Crippen molar-refractivity contribution in [3.63, 3.8) is 0 Å². The minimum atomic E-state index is -0.508. The smallest absolute Gasteiger partial charge is 0.293 e. The summed E-state index contributed by atoms with van der Waals surface area (Å²) in [4.78, 5) is 26.9. The van der Waals surface area contributed by atoms with Gasteiger partial charge in [-0.2, -0.15) is 0 Å². The fourth-order valence-electron chi connectivity index (χ4n) is 1.95. The molecule has 7 nitrogen and oxygen atoms in total. The topological polar surface area (TPSA) is 93.8 Å². The minimum Gasteiger partial charge on any atom is -0.390 e. The third-order valence-corrected chi connectivity index (χ3v) is 3.00. The van der Waals surface area contributed by atoms with Crippen LogP contribution in [0.5, 0.6) is 0 Å². The van der Waals surface area contributed by atoms with E-state index in [1.165, 1.54) is 19.1 Å². The molecule has 0 saturated carbocycles. The van der Waals surface area contributed by atoms with E-state index in [-0.39, 0.29) is 17.6 Å². The fourth-order valence-corrected chi connectivity index (χ4v) is 1.95. The zero-order valence-electron chi connectivity index (χ0n) is 11.3. The number of nitro benzene ring substituents is 1. The third kappa shape index (κ3) is 3.11. The highest BCUT2D eigenvalue weighted by Crippen LogP contribution is 2.26. The van der Waals surface area contributed by atoms with Gasteiger partial charge in [0.2, 0.25) is 0 Å². The number of hydrogen-bond donors (Lipinski definition) is 1. The molecule has 0 aromatic heterocycles. The Morgan fingerprint density at radius 2 is 2.35 bits per heavy atom. The van der Waals surface area contributed by atoms with Gasteiger partial charge in [-0.25, -0.2) is 0 Å². The molecular formula is C13H15N3O4.